The fraction of sp³-hybridized carbons (Fsp3) is 0.129. The lowest BCUT2D eigenvalue weighted by Crippen LogP contribution is -2.34. The number of anilines is 1. The van der Waals surface area contributed by atoms with Crippen LogP contribution in [0.4, 0.5) is 18.9 Å². The van der Waals surface area contributed by atoms with E-state index in [1.165, 1.54) is 66.4 Å². The Morgan fingerprint density at radius 1 is 1.00 bits per heavy atom. The van der Waals surface area contributed by atoms with E-state index < -0.39 is 35.3 Å². The standard InChI is InChI=1S/C31H24ClF3N6O4/c1-45-26-16-40(25(13-18-5-3-2-4-6-18)30(44)37-21-10-7-19(8-11-21)29(36)43)28(42)15-23(26)22-14-20(32)9-12-24(22)41-17-27(38-39-41)31(33,34)35/h2-12,14-17,25H,13H2,1H3,(H2,36,43)(H,37,44)/t25-/m0/s1. The first-order valence-electron chi connectivity index (χ1n) is 13.3. The number of carbonyl (C=O) groups excluding carboxylic acids is 2. The van der Waals surface area contributed by atoms with Gasteiger partial charge in [0.05, 0.1) is 25.2 Å². The van der Waals surface area contributed by atoms with Gasteiger partial charge >= 0.3 is 6.18 Å². The highest BCUT2D eigenvalue weighted by Gasteiger charge is 2.35. The fourth-order valence-electron chi connectivity index (χ4n) is 4.68. The molecular weight excluding hydrogens is 613 g/mol. The summed E-state index contributed by atoms with van der Waals surface area (Å²) in [5.41, 5.74) is 5.47. The van der Waals surface area contributed by atoms with Crippen molar-refractivity contribution in [1.82, 2.24) is 19.6 Å². The topological polar surface area (TPSA) is 134 Å². The molecule has 0 saturated heterocycles. The van der Waals surface area contributed by atoms with Gasteiger partial charge in [0.1, 0.15) is 11.8 Å². The van der Waals surface area contributed by atoms with Gasteiger partial charge in [-0.2, -0.15) is 13.2 Å². The van der Waals surface area contributed by atoms with Crippen molar-refractivity contribution in [2.24, 2.45) is 5.73 Å². The van der Waals surface area contributed by atoms with E-state index in [0.29, 0.717) is 5.69 Å². The average Bonchev–Trinajstić information content (AvgIpc) is 3.52. The summed E-state index contributed by atoms with van der Waals surface area (Å²) < 4.78 is 47.5. The average molecular weight is 637 g/mol. The summed E-state index contributed by atoms with van der Waals surface area (Å²) in [6, 6.07) is 19.5. The molecule has 3 N–H and O–H groups in total. The highest BCUT2D eigenvalue weighted by Crippen LogP contribution is 2.36. The van der Waals surface area contributed by atoms with E-state index in [9.17, 15) is 27.6 Å². The minimum atomic E-state index is -4.72. The first kappa shape index (κ1) is 31.0. The van der Waals surface area contributed by atoms with Crippen LogP contribution in [0.1, 0.15) is 27.7 Å². The van der Waals surface area contributed by atoms with Crippen LogP contribution in [-0.2, 0) is 17.4 Å². The molecule has 0 saturated carbocycles. The number of hydrogen-bond acceptors (Lipinski definition) is 6. The van der Waals surface area contributed by atoms with Crippen LogP contribution in [0.15, 0.2) is 96.1 Å². The van der Waals surface area contributed by atoms with Crippen LogP contribution < -0.4 is 21.3 Å². The number of methoxy groups -OCH3 is 1. The number of carbonyl (C=O) groups is 2. The number of nitrogens with two attached hydrogens (primary N) is 1. The van der Waals surface area contributed by atoms with E-state index >= 15 is 0 Å². The Kier molecular flexibility index (Phi) is 8.73. The first-order chi connectivity index (χ1) is 21.4. The van der Waals surface area contributed by atoms with E-state index in [0.717, 1.165) is 16.4 Å². The predicted octanol–water partition coefficient (Wildman–Crippen LogP) is 5.30. The van der Waals surface area contributed by atoms with E-state index in [1.807, 2.05) is 18.2 Å². The first-order valence-corrected chi connectivity index (χ1v) is 13.7. The summed E-state index contributed by atoms with van der Waals surface area (Å²) in [4.78, 5) is 38.8. The van der Waals surface area contributed by atoms with Crippen molar-refractivity contribution in [3.63, 3.8) is 0 Å². The van der Waals surface area contributed by atoms with Crippen LogP contribution in [0.3, 0.4) is 0 Å². The zero-order valence-electron chi connectivity index (χ0n) is 23.5. The summed E-state index contributed by atoms with van der Waals surface area (Å²) in [5, 5.41) is 9.84. The number of halogens is 4. The zero-order chi connectivity index (χ0) is 32.3. The van der Waals surface area contributed by atoms with E-state index in [-0.39, 0.29) is 39.6 Å². The Morgan fingerprint density at radius 2 is 1.71 bits per heavy atom. The second-order valence-electron chi connectivity index (χ2n) is 9.84. The molecule has 230 valence electrons. The number of alkyl halides is 3. The van der Waals surface area contributed by atoms with Gasteiger partial charge in [-0.05, 0) is 48.0 Å². The summed E-state index contributed by atoms with van der Waals surface area (Å²) in [7, 11) is 1.35. The highest BCUT2D eigenvalue weighted by atomic mass is 35.5. The maximum absolute atomic E-state index is 13.7. The SMILES string of the molecule is COc1cn([C@@H](Cc2ccccc2)C(=O)Nc2ccc(C(N)=O)cc2)c(=O)cc1-c1cc(Cl)ccc1-n1cc(C(F)(F)F)nn1. The second kappa shape index (κ2) is 12.7. The van der Waals surface area contributed by atoms with Crippen molar-refractivity contribution in [2.45, 2.75) is 18.6 Å². The van der Waals surface area contributed by atoms with Crippen LogP contribution in [0.25, 0.3) is 16.8 Å². The molecule has 14 heteroatoms. The Hall–Kier alpha value is -5.43. The molecule has 0 aliphatic rings. The van der Waals surface area contributed by atoms with Gasteiger partial charge in [0, 0.05) is 39.9 Å². The summed E-state index contributed by atoms with van der Waals surface area (Å²) >= 11 is 6.26. The maximum atomic E-state index is 13.7. The molecule has 0 aliphatic carbocycles. The van der Waals surface area contributed by atoms with Crippen LogP contribution in [-0.4, -0.2) is 38.5 Å². The number of benzene rings is 3. The number of rotatable bonds is 9. The van der Waals surface area contributed by atoms with Gasteiger partial charge < -0.3 is 15.8 Å². The van der Waals surface area contributed by atoms with Gasteiger partial charge in [-0.3, -0.25) is 19.0 Å². The molecule has 0 spiro atoms. The van der Waals surface area contributed by atoms with Gasteiger partial charge in [-0.25, -0.2) is 4.68 Å². The van der Waals surface area contributed by atoms with E-state index in [1.54, 1.807) is 12.1 Å². The molecule has 10 nitrogen and oxygen atoms in total. The number of pyridine rings is 1. The number of primary amides is 1. The number of aromatic nitrogens is 4. The molecule has 3 aromatic carbocycles. The van der Waals surface area contributed by atoms with Crippen molar-refractivity contribution in [2.75, 3.05) is 12.4 Å². The van der Waals surface area contributed by atoms with Crippen molar-refractivity contribution in [1.29, 1.82) is 0 Å². The second-order valence-corrected chi connectivity index (χ2v) is 10.3. The van der Waals surface area contributed by atoms with E-state index in [2.05, 4.69) is 15.6 Å². The number of hydrogen-bond donors (Lipinski definition) is 2. The third-order valence-corrected chi connectivity index (χ3v) is 7.13. The smallest absolute Gasteiger partial charge is 0.436 e. The largest absolute Gasteiger partial charge is 0.495 e. The summed E-state index contributed by atoms with van der Waals surface area (Å²) in [6.07, 6.45) is -2.53. The normalized spacial score (nSPS) is 12.0. The molecule has 0 fully saturated rings. The summed E-state index contributed by atoms with van der Waals surface area (Å²) in [5.74, 6) is -1.03. The molecular formula is C31H24ClF3N6O4. The Bertz CT molecular complexity index is 1920. The van der Waals surface area contributed by atoms with Gasteiger partial charge in [0.15, 0.2) is 5.69 Å². The maximum Gasteiger partial charge on any atom is 0.436 e. The number of ether oxygens (including phenoxy) is 1. The van der Waals surface area contributed by atoms with Crippen LogP contribution in [0.2, 0.25) is 5.02 Å². The number of amides is 2. The van der Waals surface area contributed by atoms with Crippen LogP contribution in [0, 0.1) is 0 Å². The van der Waals surface area contributed by atoms with Crippen LogP contribution >= 0.6 is 11.6 Å². The molecule has 0 radical (unpaired) electrons. The van der Waals surface area contributed by atoms with Gasteiger partial charge in [-0.15, -0.1) is 5.10 Å². The highest BCUT2D eigenvalue weighted by molar-refractivity contribution is 6.31. The zero-order valence-corrected chi connectivity index (χ0v) is 24.2. The minimum Gasteiger partial charge on any atom is -0.495 e. The molecule has 0 unspecified atom stereocenters. The number of nitrogens with zero attached hydrogens (tertiary/aromatic N) is 4. The van der Waals surface area contributed by atoms with Gasteiger partial charge in [-0.1, -0.05) is 47.1 Å². The Labute approximate surface area is 258 Å². The fourth-order valence-corrected chi connectivity index (χ4v) is 4.85. The third-order valence-electron chi connectivity index (χ3n) is 6.89. The molecule has 0 aliphatic heterocycles. The number of nitrogens with one attached hydrogen (secondary N) is 1. The van der Waals surface area contributed by atoms with Crippen LogP contribution in [0.5, 0.6) is 5.75 Å². The van der Waals surface area contributed by atoms with Crippen molar-refractivity contribution in [3.8, 4) is 22.6 Å². The van der Waals surface area contributed by atoms with Crippen molar-refractivity contribution >= 4 is 29.1 Å². The monoisotopic (exact) mass is 636 g/mol. The van der Waals surface area contributed by atoms with E-state index in [4.69, 9.17) is 22.1 Å². The van der Waals surface area contributed by atoms with Gasteiger partial charge in [0.2, 0.25) is 11.8 Å². The molecule has 1 atom stereocenters. The molecule has 45 heavy (non-hydrogen) atoms. The van der Waals surface area contributed by atoms with Crippen molar-refractivity contribution in [3.05, 3.63) is 123 Å². The molecule has 0 bridgehead atoms. The van der Waals surface area contributed by atoms with Crippen molar-refractivity contribution < 1.29 is 27.5 Å². The quantitative estimate of drug-likeness (QED) is 0.226. The van der Waals surface area contributed by atoms with Gasteiger partial charge in [0.25, 0.3) is 5.56 Å². The Balaban J connectivity index is 1.58. The third kappa shape index (κ3) is 6.88. The minimum absolute atomic E-state index is 0.121. The Morgan fingerprint density at radius 3 is 2.33 bits per heavy atom. The summed E-state index contributed by atoms with van der Waals surface area (Å²) in [6.45, 7) is 0. The molecule has 2 aromatic heterocycles. The predicted molar refractivity (Wildman–Crippen MR) is 160 cm³/mol. The lowest BCUT2D eigenvalue weighted by atomic mass is 10.0. The molecule has 5 aromatic rings. The molecule has 5 rings (SSSR count). The molecule has 2 heterocycles. The lowest BCUT2D eigenvalue weighted by molar-refractivity contribution is -0.141. The molecule has 2 amide bonds. The lowest BCUT2D eigenvalue weighted by Gasteiger charge is -2.22.